The molecular weight excluding hydrogens is 309 g/mol. The highest BCUT2D eigenvalue weighted by molar-refractivity contribution is 9.10. The van der Waals surface area contributed by atoms with Crippen LogP contribution in [0.15, 0.2) is 46.9 Å². The van der Waals surface area contributed by atoms with Gasteiger partial charge in [-0.2, -0.15) is 0 Å². The minimum atomic E-state index is -0.317. The molecule has 0 saturated carbocycles. The summed E-state index contributed by atoms with van der Waals surface area (Å²) in [6.07, 6.45) is 0. The van der Waals surface area contributed by atoms with E-state index in [1.165, 1.54) is 12.1 Å². The second kappa shape index (κ2) is 6.68. The van der Waals surface area contributed by atoms with E-state index in [4.69, 9.17) is 4.74 Å². The summed E-state index contributed by atoms with van der Waals surface area (Å²) in [6.45, 7) is 3.66. The first-order valence-corrected chi connectivity index (χ1v) is 6.91. The summed E-state index contributed by atoms with van der Waals surface area (Å²) in [4.78, 5) is 0. The number of halogens is 2. The minimum absolute atomic E-state index is 0.317. The number of rotatable bonds is 5. The van der Waals surface area contributed by atoms with E-state index in [9.17, 15) is 4.39 Å². The quantitative estimate of drug-likeness (QED) is 0.875. The molecule has 2 aromatic rings. The number of nitrogens with one attached hydrogen (secondary N) is 1. The highest BCUT2D eigenvalue weighted by Gasteiger charge is 2.07. The van der Waals surface area contributed by atoms with Crippen molar-refractivity contribution in [3.05, 3.63) is 58.3 Å². The van der Waals surface area contributed by atoms with Crippen molar-refractivity contribution < 1.29 is 9.13 Å². The Morgan fingerprint density at radius 1 is 1.16 bits per heavy atom. The average Bonchev–Trinajstić information content (AvgIpc) is 2.42. The van der Waals surface area contributed by atoms with E-state index in [0.29, 0.717) is 5.75 Å². The van der Waals surface area contributed by atoms with Crippen LogP contribution in [0.3, 0.4) is 0 Å². The standard InChI is InChI=1S/C15H15BrFNO/c1-2-18-10-11-5-3-4-6-14(11)19-15-9-12(17)7-8-13(15)16/h3-9,18H,2,10H2,1H3. The lowest BCUT2D eigenvalue weighted by Crippen LogP contribution is -2.12. The van der Waals surface area contributed by atoms with Crippen molar-refractivity contribution in [1.82, 2.24) is 5.32 Å². The van der Waals surface area contributed by atoms with E-state index in [1.54, 1.807) is 6.07 Å². The second-order valence-corrected chi connectivity index (χ2v) is 4.92. The predicted octanol–water partition coefficient (Wildman–Crippen LogP) is 4.49. The molecule has 0 aromatic heterocycles. The van der Waals surface area contributed by atoms with E-state index >= 15 is 0 Å². The van der Waals surface area contributed by atoms with Gasteiger partial charge in [-0.05, 0) is 40.7 Å². The second-order valence-electron chi connectivity index (χ2n) is 4.06. The van der Waals surface area contributed by atoms with Gasteiger partial charge >= 0.3 is 0 Å². The molecule has 0 amide bonds. The van der Waals surface area contributed by atoms with Gasteiger partial charge < -0.3 is 10.1 Å². The molecule has 4 heteroatoms. The van der Waals surface area contributed by atoms with Crippen molar-refractivity contribution in [3.63, 3.8) is 0 Å². The molecular formula is C15H15BrFNO. The Morgan fingerprint density at radius 2 is 1.95 bits per heavy atom. The highest BCUT2D eigenvalue weighted by atomic mass is 79.9. The third-order valence-corrected chi connectivity index (χ3v) is 3.31. The molecule has 0 aliphatic carbocycles. The number of hydrogen-bond acceptors (Lipinski definition) is 2. The van der Waals surface area contributed by atoms with Gasteiger partial charge in [-0.25, -0.2) is 4.39 Å². The largest absolute Gasteiger partial charge is 0.456 e. The van der Waals surface area contributed by atoms with Gasteiger partial charge in [-0.1, -0.05) is 25.1 Å². The number of hydrogen-bond donors (Lipinski definition) is 1. The number of ether oxygens (including phenoxy) is 1. The summed E-state index contributed by atoms with van der Waals surface area (Å²) in [6, 6.07) is 12.1. The van der Waals surface area contributed by atoms with Crippen molar-refractivity contribution in [2.24, 2.45) is 0 Å². The normalized spacial score (nSPS) is 10.5. The molecule has 0 bridgehead atoms. The Morgan fingerprint density at radius 3 is 2.74 bits per heavy atom. The summed E-state index contributed by atoms with van der Waals surface area (Å²) >= 11 is 3.36. The van der Waals surface area contributed by atoms with Crippen LogP contribution in [0, 0.1) is 5.82 Å². The summed E-state index contributed by atoms with van der Waals surface area (Å²) in [5.74, 6) is 0.890. The number of para-hydroxylation sites is 1. The van der Waals surface area contributed by atoms with Crippen molar-refractivity contribution in [1.29, 1.82) is 0 Å². The average molecular weight is 324 g/mol. The molecule has 0 aliphatic rings. The Balaban J connectivity index is 2.25. The molecule has 2 aromatic carbocycles. The Labute approximate surface area is 120 Å². The van der Waals surface area contributed by atoms with E-state index in [-0.39, 0.29) is 5.82 Å². The fourth-order valence-electron chi connectivity index (χ4n) is 1.68. The first kappa shape index (κ1) is 14.0. The zero-order chi connectivity index (χ0) is 13.7. The Bertz CT molecular complexity index is 560. The van der Waals surface area contributed by atoms with Crippen LogP contribution >= 0.6 is 15.9 Å². The Hall–Kier alpha value is -1.39. The third-order valence-electron chi connectivity index (χ3n) is 2.65. The molecule has 2 rings (SSSR count). The first-order valence-electron chi connectivity index (χ1n) is 6.12. The van der Waals surface area contributed by atoms with Crippen molar-refractivity contribution in [2.45, 2.75) is 13.5 Å². The van der Waals surface area contributed by atoms with Gasteiger partial charge in [-0.3, -0.25) is 0 Å². The molecule has 0 radical (unpaired) electrons. The molecule has 100 valence electrons. The van der Waals surface area contributed by atoms with Crippen molar-refractivity contribution in [2.75, 3.05) is 6.54 Å². The fourth-order valence-corrected chi connectivity index (χ4v) is 2.01. The molecule has 0 unspecified atom stereocenters. The number of benzene rings is 2. The first-order chi connectivity index (χ1) is 9.20. The molecule has 0 fully saturated rings. The summed E-state index contributed by atoms with van der Waals surface area (Å²) in [7, 11) is 0. The van der Waals surface area contributed by atoms with Crippen LogP contribution in [-0.4, -0.2) is 6.54 Å². The lowest BCUT2D eigenvalue weighted by Gasteiger charge is -2.12. The van der Waals surface area contributed by atoms with Crippen LogP contribution in [-0.2, 0) is 6.54 Å². The van der Waals surface area contributed by atoms with E-state index in [0.717, 1.165) is 28.9 Å². The SMILES string of the molecule is CCNCc1ccccc1Oc1cc(F)ccc1Br. The van der Waals surface area contributed by atoms with Gasteiger partial charge in [0.25, 0.3) is 0 Å². The van der Waals surface area contributed by atoms with Crippen molar-refractivity contribution in [3.8, 4) is 11.5 Å². The van der Waals surface area contributed by atoms with Gasteiger partial charge in [0.1, 0.15) is 17.3 Å². The van der Waals surface area contributed by atoms with Gasteiger partial charge in [-0.15, -0.1) is 0 Å². The topological polar surface area (TPSA) is 21.3 Å². The maximum Gasteiger partial charge on any atom is 0.144 e. The van der Waals surface area contributed by atoms with Crippen LogP contribution in [0.1, 0.15) is 12.5 Å². The van der Waals surface area contributed by atoms with Gasteiger partial charge in [0.15, 0.2) is 0 Å². The van der Waals surface area contributed by atoms with Crippen molar-refractivity contribution >= 4 is 15.9 Å². The van der Waals surface area contributed by atoms with Gasteiger partial charge in [0, 0.05) is 18.2 Å². The van der Waals surface area contributed by atoms with Gasteiger partial charge in [0.05, 0.1) is 4.47 Å². The van der Waals surface area contributed by atoms with E-state index in [2.05, 4.69) is 21.2 Å². The lowest BCUT2D eigenvalue weighted by atomic mass is 10.2. The zero-order valence-corrected chi connectivity index (χ0v) is 12.2. The monoisotopic (exact) mass is 323 g/mol. The summed E-state index contributed by atoms with van der Waals surface area (Å²) in [5.41, 5.74) is 1.04. The molecule has 0 spiro atoms. The fraction of sp³-hybridized carbons (Fsp3) is 0.200. The minimum Gasteiger partial charge on any atom is -0.456 e. The maximum absolute atomic E-state index is 13.2. The third kappa shape index (κ3) is 3.78. The molecule has 2 nitrogen and oxygen atoms in total. The van der Waals surface area contributed by atoms with Crippen LogP contribution in [0.2, 0.25) is 0 Å². The smallest absolute Gasteiger partial charge is 0.144 e. The summed E-state index contributed by atoms with van der Waals surface area (Å²) in [5, 5.41) is 3.25. The van der Waals surface area contributed by atoms with Gasteiger partial charge in [0.2, 0.25) is 0 Å². The zero-order valence-electron chi connectivity index (χ0n) is 10.6. The molecule has 0 heterocycles. The molecule has 19 heavy (non-hydrogen) atoms. The molecule has 1 N–H and O–H groups in total. The van der Waals surface area contributed by atoms with Crippen LogP contribution in [0.5, 0.6) is 11.5 Å². The van der Waals surface area contributed by atoms with Crippen LogP contribution in [0.4, 0.5) is 4.39 Å². The Kier molecular flexibility index (Phi) is 4.93. The highest BCUT2D eigenvalue weighted by Crippen LogP contribution is 2.31. The van der Waals surface area contributed by atoms with Crippen LogP contribution < -0.4 is 10.1 Å². The lowest BCUT2D eigenvalue weighted by molar-refractivity contribution is 0.465. The van der Waals surface area contributed by atoms with Crippen LogP contribution in [0.25, 0.3) is 0 Å². The van der Waals surface area contributed by atoms with E-state index in [1.807, 2.05) is 31.2 Å². The predicted molar refractivity (Wildman–Crippen MR) is 78.0 cm³/mol. The molecule has 0 aliphatic heterocycles. The van der Waals surface area contributed by atoms with E-state index < -0.39 is 0 Å². The summed E-state index contributed by atoms with van der Waals surface area (Å²) < 4.78 is 19.8. The maximum atomic E-state index is 13.2. The molecule has 0 saturated heterocycles. The molecule has 0 atom stereocenters.